The molecule has 2 atom stereocenters. The van der Waals surface area contributed by atoms with Crippen molar-refractivity contribution in [2.24, 2.45) is 10.8 Å². The van der Waals surface area contributed by atoms with Gasteiger partial charge in [0.1, 0.15) is 0 Å². The predicted octanol–water partition coefficient (Wildman–Crippen LogP) is 12.6. The molecule has 0 aliphatic heterocycles. The number of hydrogen-bond donors (Lipinski definition) is 0. The third kappa shape index (κ3) is 11.4. The van der Waals surface area contributed by atoms with Crippen molar-refractivity contribution in [2.75, 3.05) is 14.2 Å². The molecule has 0 fully saturated rings. The molecule has 0 spiro atoms. The van der Waals surface area contributed by atoms with Gasteiger partial charge < -0.3 is 9.47 Å². The minimum absolute atomic E-state index is 0.0801. The molecule has 2 heteroatoms. The topological polar surface area (TPSA) is 18.5 Å². The lowest BCUT2D eigenvalue weighted by Crippen LogP contribution is -2.24. The lowest BCUT2D eigenvalue weighted by atomic mass is 9.71. The van der Waals surface area contributed by atoms with Crippen LogP contribution in [-0.4, -0.2) is 26.4 Å². The van der Waals surface area contributed by atoms with Crippen molar-refractivity contribution in [3.63, 3.8) is 0 Å². The molecule has 2 aliphatic rings. The Morgan fingerprint density at radius 2 is 0.957 bits per heavy atom. The molecule has 46 heavy (non-hydrogen) atoms. The van der Waals surface area contributed by atoms with Gasteiger partial charge in [0, 0.05) is 14.2 Å². The van der Waals surface area contributed by atoms with Crippen LogP contribution in [0.25, 0.3) is 0 Å². The van der Waals surface area contributed by atoms with E-state index in [9.17, 15) is 0 Å². The summed E-state index contributed by atoms with van der Waals surface area (Å²) in [6.07, 6.45) is 30.4. The first-order valence-electron chi connectivity index (χ1n) is 17.1. The summed E-state index contributed by atoms with van der Waals surface area (Å²) < 4.78 is 11.9. The van der Waals surface area contributed by atoms with Crippen LogP contribution in [0, 0.1) is 10.8 Å². The number of rotatable bonds is 14. The first-order chi connectivity index (χ1) is 21.5. The molecular weight excluding hydrogens is 560 g/mol. The van der Waals surface area contributed by atoms with Gasteiger partial charge >= 0.3 is 0 Å². The van der Waals surface area contributed by atoms with Gasteiger partial charge in [-0.05, 0) is 114 Å². The Labute approximate surface area is 283 Å². The molecule has 2 aliphatic carbocycles. The van der Waals surface area contributed by atoms with Crippen LogP contribution in [0.3, 0.4) is 0 Å². The molecule has 2 nitrogen and oxygen atoms in total. The van der Waals surface area contributed by atoms with E-state index in [4.69, 9.17) is 9.47 Å². The van der Waals surface area contributed by atoms with E-state index in [0.717, 1.165) is 25.7 Å². The quantitative estimate of drug-likeness (QED) is 0.179. The Bertz CT molecular complexity index is 1310. The Morgan fingerprint density at radius 1 is 0.609 bits per heavy atom. The minimum atomic E-state index is 0.0801. The highest BCUT2D eigenvalue weighted by Gasteiger charge is 2.31. The van der Waals surface area contributed by atoms with Crippen molar-refractivity contribution in [1.29, 1.82) is 0 Å². The summed E-state index contributed by atoms with van der Waals surface area (Å²) in [4.78, 5) is 0. The standard InChI is InChI=1S/C44H64O2/c1-31(21-17-23-35(5)41(45-13)29-39-37(7)33(3)25-27-43(39,9)10)19-15-16-20-32(2)22-18-24-36(6)42(46-14)30-40-38(8)34(4)26-28-44(40,11)12/h15-26,41-42H,27-30H2,1-14H3/b16-15+,21-17+,22-18+,31-19+,32-20+,35-23+,36-24+. The van der Waals surface area contributed by atoms with E-state index >= 15 is 0 Å². The first kappa shape index (κ1) is 39.2. The van der Waals surface area contributed by atoms with Crippen LogP contribution in [0.1, 0.15) is 109 Å². The van der Waals surface area contributed by atoms with Gasteiger partial charge in [-0.2, -0.15) is 0 Å². The summed E-state index contributed by atoms with van der Waals surface area (Å²) in [7, 11) is 3.65. The van der Waals surface area contributed by atoms with Crippen molar-refractivity contribution in [1.82, 2.24) is 0 Å². The van der Waals surface area contributed by atoms with Crippen LogP contribution in [0.5, 0.6) is 0 Å². The molecule has 2 unspecified atom stereocenters. The van der Waals surface area contributed by atoms with Gasteiger partial charge in [-0.15, -0.1) is 0 Å². The second kappa shape index (κ2) is 17.8. The monoisotopic (exact) mass is 624 g/mol. The predicted molar refractivity (Wildman–Crippen MR) is 203 cm³/mol. The molecule has 0 N–H and O–H groups in total. The highest BCUT2D eigenvalue weighted by Crippen LogP contribution is 2.43. The normalized spacial score (nSPS) is 21.5. The fourth-order valence-electron chi connectivity index (χ4n) is 6.39. The molecule has 0 aromatic heterocycles. The Balaban J connectivity index is 1.99. The Kier molecular flexibility index (Phi) is 15.2. The molecule has 2 rings (SSSR count). The van der Waals surface area contributed by atoms with E-state index in [1.165, 1.54) is 55.7 Å². The molecule has 0 heterocycles. The van der Waals surface area contributed by atoms with Crippen molar-refractivity contribution in [2.45, 2.75) is 121 Å². The number of methoxy groups -OCH3 is 2. The molecule has 0 amide bonds. The molecular formula is C44H64O2. The van der Waals surface area contributed by atoms with E-state index < -0.39 is 0 Å². The molecule has 0 saturated carbocycles. The zero-order valence-electron chi connectivity index (χ0n) is 31.7. The largest absolute Gasteiger partial charge is 0.377 e. The summed E-state index contributed by atoms with van der Waals surface area (Å²) in [6.45, 7) is 27.0. The fraction of sp³-hybridized carbons (Fsp3) is 0.500. The SMILES string of the molecule is COC(CC1=C(C)C(C)=CCC1(C)C)/C(C)=C/C=C/C(C)=C/C=C/C=C(C)/C=C/C=C(\C)C(CC1=C(C)C(C)=CCC1(C)C)OC. The lowest BCUT2D eigenvalue weighted by Gasteiger charge is -2.35. The van der Waals surface area contributed by atoms with Crippen LogP contribution in [0.15, 0.2) is 129 Å². The maximum absolute atomic E-state index is 5.95. The average Bonchev–Trinajstić information content (AvgIpc) is 2.99. The van der Waals surface area contributed by atoms with Crippen molar-refractivity contribution in [3.8, 4) is 0 Å². The smallest absolute Gasteiger partial charge is 0.0819 e. The number of ether oxygens (including phenoxy) is 2. The van der Waals surface area contributed by atoms with Crippen molar-refractivity contribution < 1.29 is 9.47 Å². The number of allylic oxidation sites excluding steroid dienone is 18. The van der Waals surface area contributed by atoms with Crippen molar-refractivity contribution in [3.05, 3.63) is 129 Å². The Morgan fingerprint density at radius 3 is 1.28 bits per heavy atom. The summed E-state index contributed by atoms with van der Waals surface area (Å²) in [5, 5.41) is 0. The first-order valence-corrected chi connectivity index (χ1v) is 17.1. The van der Waals surface area contributed by atoms with E-state index in [2.05, 4.69) is 156 Å². The van der Waals surface area contributed by atoms with Crippen LogP contribution in [0.4, 0.5) is 0 Å². The van der Waals surface area contributed by atoms with Gasteiger partial charge in [0.15, 0.2) is 0 Å². The van der Waals surface area contributed by atoms with E-state index in [1.54, 1.807) is 0 Å². The molecule has 0 aromatic rings. The second-order valence-electron chi connectivity index (χ2n) is 14.8. The zero-order chi connectivity index (χ0) is 34.7. The molecule has 252 valence electrons. The average molecular weight is 625 g/mol. The Hall–Kier alpha value is -2.94. The summed E-state index contributed by atoms with van der Waals surface area (Å²) in [5.74, 6) is 0. The van der Waals surface area contributed by atoms with Gasteiger partial charge in [-0.3, -0.25) is 0 Å². The van der Waals surface area contributed by atoms with E-state index in [0.29, 0.717) is 0 Å². The molecule has 0 aromatic carbocycles. The maximum atomic E-state index is 5.95. The third-order valence-corrected chi connectivity index (χ3v) is 10.2. The van der Waals surface area contributed by atoms with Gasteiger partial charge in [-0.1, -0.05) is 134 Å². The summed E-state index contributed by atoms with van der Waals surface area (Å²) >= 11 is 0. The van der Waals surface area contributed by atoms with Gasteiger partial charge in [0.25, 0.3) is 0 Å². The minimum Gasteiger partial charge on any atom is -0.377 e. The number of hydrogen-bond acceptors (Lipinski definition) is 2. The van der Waals surface area contributed by atoms with Crippen LogP contribution < -0.4 is 0 Å². The zero-order valence-corrected chi connectivity index (χ0v) is 31.7. The fourth-order valence-corrected chi connectivity index (χ4v) is 6.39. The van der Waals surface area contributed by atoms with Gasteiger partial charge in [0.2, 0.25) is 0 Å². The summed E-state index contributed by atoms with van der Waals surface area (Å²) in [5.41, 5.74) is 13.9. The van der Waals surface area contributed by atoms with Crippen molar-refractivity contribution >= 4 is 0 Å². The van der Waals surface area contributed by atoms with E-state index in [-0.39, 0.29) is 23.0 Å². The molecule has 0 saturated heterocycles. The molecule has 0 bridgehead atoms. The van der Waals surface area contributed by atoms with Gasteiger partial charge in [0.05, 0.1) is 12.2 Å². The van der Waals surface area contributed by atoms with Crippen LogP contribution in [0.2, 0.25) is 0 Å². The maximum Gasteiger partial charge on any atom is 0.0819 e. The highest BCUT2D eigenvalue weighted by atomic mass is 16.5. The van der Waals surface area contributed by atoms with E-state index in [1.807, 2.05) is 14.2 Å². The summed E-state index contributed by atoms with van der Waals surface area (Å²) in [6, 6.07) is 0. The molecule has 0 radical (unpaired) electrons. The second-order valence-corrected chi connectivity index (χ2v) is 14.8. The highest BCUT2D eigenvalue weighted by molar-refractivity contribution is 5.41. The third-order valence-electron chi connectivity index (χ3n) is 10.2. The van der Waals surface area contributed by atoms with Crippen LogP contribution in [-0.2, 0) is 9.47 Å². The lowest BCUT2D eigenvalue weighted by molar-refractivity contribution is 0.126. The van der Waals surface area contributed by atoms with Crippen LogP contribution >= 0.6 is 0 Å². The van der Waals surface area contributed by atoms with Gasteiger partial charge in [-0.25, -0.2) is 0 Å².